The van der Waals surface area contributed by atoms with Crippen molar-refractivity contribution in [3.05, 3.63) is 75.3 Å². The number of hydrogen-bond donors (Lipinski definition) is 1. The van der Waals surface area contributed by atoms with Gasteiger partial charge in [-0.2, -0.15) is 5.01 Å². The number of rotatable bonds is 4. The minimum atomic E-state index is -0.487. The number of hydrogen-bond acceptors (Lipinski definition) is 4. The fourth-order valence-electron chi connectivity index (χ4n) is 3.45. The number of amides is 2. The molecule has 0 radical (unpaired) electrons. The number of nitrogens with zero attached hydrogens (tertiary/aromatic N) is 2. The van der Waals surface area contributed by atoms with Gasteiger partial charge in [0.05, 0.1) is 15.5 Å². The zero-order valence-electron chi connectivity index (χ0n) is 17.2. The highest BCUT2D eigenvalue weighted by Crippen LogP contribution is 2.34. The summed E-state index contributed by atoms with van der Waals surface area (Å²) < 4.78 is 2.43. The summed E-state index contributed by atoms with van der Waals surface area (Å²) in [4.78, 5) is 26.1. The molecule has 1 N–H and O–H groups in total. The summed E-state index contributed by atoms with van der Waals surface area (Å²) in [5, 5.41) is 2.48. The van der Waals surface area contributed by atoms with Crippen molar-refractivity contribution in [1.29, 1.82) is 0 Å². The smallest absolute Gasteiger partial charge is 0.285 e. The van der Waals surface area contributed by atoms with Crippen LogP contribution in [0.25, 0.3) is 17.0 Å². The first-order chi connectivity index (χ1) is 14.8. The lowest BCUT2D eigenvalue weighted by Crippen LogP contribution is -2.44. The Hall–Kier alpha value is -2.61. The number of thioether (sulfide) groups is 1. The average Bonchev–Trinajstić information content (AvgIpc) is 3.21. The Kier molecular flexibility index (Phi) is 5.92. The van der Waals surface area contributed by atoms with Crippen LogP contribution in [0.4, 0.5) is 0 Å². The van der Waals surface area contributed by atoms with E-state index in [9.17, 15) is 9.59 Å². The molecule has 0 saturated carbocycles. The number of aryl methyl sites for hydroxylation is 1. The summed E-state index contributed by atoms with van der Waals surface area (Å²) in [6, 6.07) is 13.4. The number of nitrogens with one attached hydrogen (secondary N) is 1. The number of aromatic nitrogens is 1. The van der Waals surface area contributed by atoms with Gasteiger partial charge in [-0.15, -0.1) is 0 Å². The van der Waals surface area contributed by atoms with E-state index < -0.39 is 5.91 Å². The highest BCUT2D eigenvalue weighted by atomic mass is 35.5. The Morgan fingerprint density at radius 2 is 1.97 bits per heavy atom. The normalized spacial score (nSPS) is 15.5. The zero-order valence-corrected chi connectivity index (χ0v) is 19.6. The number of para-hydroxylation sites is 1. The average molecular weight is 470 g/mol. The van der Waals surface area contributed by atoms with Crippen LogP contribution >= 0.6 is 35.6 Å². The van der Waals surface area contributed by atoms with Gasteiger partial charge in [-0.05, 0) is 62.8 Å². The van der Waals surface area contributed by atoms with Gasteiger partial charge in [0.25, 0.3) is 11.8 Å². The molecule has 1 aromatic heterocycles. The van der Waals surface area contributed by atoms with Gasteiger partial charge in [0, 0.05) is 28.7 Å². The quantitative estimate of drug-likeness (QED) is 0.391. The standard InChI is InChI=1S/C23H20ClN3O2S2/c1-13(2)26-12-15(16-6-4-5-7-19(16)26)11-20-22(29)27(23(30)31-20)25-21(28)17-9-8-14(3)10-18(17)24/h4-13H,1-3H3,(H,25,28)/b20-11+. The van der Waals surface area contributed by atoms with Gasteiger partial charge in [0.2, 0.25) is 0 Å². The van der Waals surface area contributed by atoms with Gasteiger partial charge in [-0.1, -0.05) is 47.6 Å². The minimum absolute atomic E-state index is 0.264. The predicted molar refractivity (Wildman–Crippen MR) is 131 cm³/mol. The molecule has 2 aromatic carbocycles. The van der Waals surface area contributed by atoms with Crippen molar-refractivity contribution >= 4 is 68.7 Å². The maximum absolute atomic E-state index is 13.0. The van der Waals surface area contributed by atoms with Gasteiger partial charge in [-0.25, -0.2) is 0 Å². The third-order valence-electron chi connectivity index (χ3n) is 4.99. The first-order valence-corrected chi connectivity index (χ1v) is 11.3. The molecule has 0 aliphatic carbocycles. The molecule has 1 aliphatic rings. The predicted octanol–water partition coefficient (Wildman–Crippen LogP) is 5.73. The first kappa shape index (κ1) is 21.6. The van der Waals surface area contributed by atoms with Crippen molar-refractivity contribution in [2.24, 2.45) is 0 Å². The van der Waals surface area contributed by atoms with E-state index in [0.717, 1.165) is 38.8 Å². The molecule has 0 spiro atoms. The van der Waals surface area contributed by atoms with E-state index >= 15 is 0 Å². The van der Waals surface area contributed by atoms with Gasteiger partial charge in [0.1, 0.15) is 0 Å². The van der Waals surface area contributed by atoms with E-state index in [1.54, 1.807) is 18.2 Å². The van der Waals surface area contributed by atoms with Crippen molar-refractivity contribution in [3.8, 4) is 0 Å². The van der Waals surface area contributed by atoms with Crippen molar-refractivity contribution in [2.45, 2.75) is 26.8 Å². The molecule has 2 amide bonds. The second-order valence-corrected chi connectivity index (χ2v) is 9.63. The van der Waals surface area contributed by atoms with Crippen molar-refractivity contribution in [3.63, 3.8) is 0 Å². The zero-order chi connectivity index (χ0) is 22.3. The molecule has 5 nitrogen and oxygen atoms in total. The van der Waals surface area contributed by atoms with Gasteiger partial charge >= 0.3 is 0 Å². The molecule has 1 saturated heterocycles. The Morgan fingerprint density at radius 3 is 2.68 bits per heavy atom. The summed E-state index contributed by atoms with van der Waals surface area (Å²) >= 11 is 12.7. The van der Waals surface area contributed by atoms with Crippen LogP contribution in [0.1, 0.15) is 41.4 Å². The van der Waals surface area contributed by atoms with Crippen LogP contribution in [0.2, 0.25) is 5.02 Å². The second-order valence-electron chi connectivity index (χ2n) is 7.54. The summed E-state index contributed by atoms with van der Waals surface area (Å²) in [5.41, 5.74) is 5.83. The number of benzene rings is 2. The molecule has 3 aromatic rings. The van der Waals surface area contributed by atoms with Crippen molar-refractivity contribution in [1.82, 2.24) is 15.0 Å². The summed E-state index contributed by atoms with van der Waals surface area (Å²) in [7, 11) is 0. The molecule has 1 fully saturated rings. The molecule has 0 unspecified atom stereocenters. The fraction of sp³-hybridized carbons (Fsp3) is 0.174. The SMILES string of the molecule is Cc1ccc(C(=O)NN2C(=O)/C(=C\c3cn(C(C)C)c4ccccc34)SC2=S)c(Cl)c1. The third kappa shape index (κ3) is 4.13. The lowest BCUT2D eigenvalue weighted by molar-refractivity contribution is -0.123. The number of thiocarbonyl (C=S) groups is 1. The fourth-order valence-corrected chi connectivity index (χ4v) is 4.94. The second kappa shape index (κ2) is 8.49. The largest absolute Gasteiger partial charge is 0.344 e. The lowest BCUT2D eigenvalue weighted by atomic mass is 10.1. The molecule has 1 aliphatic heterocycles. The maximum Gasteiger partial charge on any atom is 0.285 e. The molecule has 31 heavy (non-hydrogen) atoms. The van der Waals surface area contributed by atoms with Gasteiger partial charge < -0.3 is 4.57 Å². The number of hydrazine groups is 1. The van der Waals surface area contributed by atoms with Crippen LogP contribution in [0.3, 0.4) is 0 Å². The van der Waals surface area contributed by atoms with E-state index in [0.29, 0.717) is 9.93 Å². The topological polar surface area (TPSA) is 54.3 Å². The summed E-state index contributed by atoms with van der Waals surface area (Å²) in [6.45, 7) is 6.11. The Morgan fingerprint density at radius 1 is 1.23 bits per heavy atom. The van der Waals surface area contributed by atoms with Crippen LogP contribution in [-0.2, 0) is 4.79 Å². The number of fused-ring (bicyclic) bond motifs is 1. The summed E-state index contributed by atoms with van der Waals surface area (Å²) in [6.07, 6.45) is 3.86. The summed E-state index contributed by atoms with van der Waals surface area (Å²) in [5.74, 6) is -0.855. The van der Waals surface area contributed by atoms with Gasteiger partial charge in [-0.3, -0.25) is 15.0 Å². The molecular formula is C23H20ClN3O2S2. The van der Waals surface area contributed by atoms with Crippen LogP contribution < -0.4 is 5.43 Å². The van der Waals surface area contributed by atoms with E-state index in [1.807, 2.05) is 37.4 Å². The molecule has 0 atom stereocenters. The van der Waals surface area contributed by atoms with E-state index in [-0.39, 0.29) is 21.8 Å². The van der Waals surface area contributed by atoms with E-state index in [4.69, 9.17) is 23.8 Å². The third-order valence-corrected chi connectivity index (χ3v) is 6.61. The van der Waals surface area contributed by atoms with Crippen LogP contribution in [0.5, 0.6) is 0 Å². The molecule has 0 bridgehead atoms. The Bertz CT molecular complexity index is 1260. The van der Waals surface area contributed by atoms with Gasteiger partial charge in [0.15, 0.2) is 4.32 Å². The molecule has 8 heteroatoms. The highest BCUT2D eigenvalue weighted by molar-refractivity contribution is 8.26. The monoisotopic (exact) mass is 469 g/mol. The van der Waals surface area contributed by atoms with Crippen LogP contribution in [0.15, 0.2) is 53.6 Å². The van der Waals surface area contributed by atoms with E-state index in [1.165, 1.54) is 0 Å². The molecule has 158 valence electrons. The molecular weight excluding hydrogens is 450 g/mol. The lowest BCUT2D eigenvalue weighted by Gasteiger charge is -2.16. The van der Waals surface area contributed by atoms with Crippen molar-refractivity contribution in [2.75, 3.05) is 0 Å². The van der Waals surface area contributed by atoms with Crippen LogP contribution in [-0.4, -0.2) is 25.7 Å². The number of carbonyl (C=O) groups excluding carboxylic acids is 2. The number of carbonyl (C=O) groups is 2. The first-order valence-electron chi connectivity index (χ1n) is 9.71. The minimum Gasteiger partial charge on any atom is -0.344 e. The highest BCUT2D eigenvalue weighted by Gasteiger charge is 2.34. The Labute approximate surface area is 195 Å². The number of halogens is 1. The molecule has 4 rings (SSSR count). The molecule has 2 heterocycles. The Balaban J connectivity index is 1.62. The van der Waals surface area contributed by atoms with E-state index in [2.05, 4.69) is 29.9 Å². The van der Waals surface area contributed by atoms with Crippen molar-refractivity contribution < 1.29 is 9.59 Å². The maximum atomic E-state index is 13.0. The van der Waals surface area contributed by atoms with Crippen LogP contribution in [0, 0.1) is 6.92 Å².